The van der Waals surface area contributed by atoms with Crippen molar-refractivity contribution in [3.8, 4) is 11.5 Å². The second-order valence-corrected chi connectivity index (χ2v) is 6.86. The van der Waals surface area contributed by atoms with E-state index in [1.807, 2.05) is 0 Å². The van der Waals surface area contributed by atoms with Crippen molar-refractivity contribution >= 4 is 10.0 Å². The summed E-state index contributed by atoms with van der Waals surface area (Å²) in [5.74, 6) is 1.21. The van der Waals surface area contributed by atoms with Crippen LogP contribution in [0.15, 0.2) is 53.7 Å². The number of rotatable bonds is 5. The number of sulfonamides is 1. The fourth-order valence-corrected chi connectivity index (χ4v) is 3.73. The van der Waals surface area contributed by atoms with Gasteiger partial charge in [-0.25, -0.2) is 8.42 Å². The van der Waals surface area contributed by atoms with E-state index in [-0.39, 0.29) is 11.0 Å². The lowest BCUT2D eigenvalue weighted by molar-refractivity contribution is 0.0761. The third-order valence-corrected chi connectivity index (χ3v) is 5.27. The number of nitrogens with zero attached hydrogens (tertiary/aromatic N) is 2. The summed E-state index contributed by atoms with van der Waals surface area (Å²) in [6.45, 7) is 0.670. The lowest BCUT2D eigenvalue weighted by Gasteiger charge is -2.37. The van der Waals surface area contributed by atoms with Gasteiger partial charge in [0.05, 0.1) is 25.1 Å². The number of aromatic nitrogens is 1. The van der Waals surface area contributed by atoms with Crippen molar-refractivity contribution < 1.29 is 17.9 Å². The number of hydrogen-bond donors (Lipinski definition) is 0. The van der Waals surface area contributed by atoms with E-state index in [9.17, 15) is 8.42 Å². The van der Waals surface area contributed by atoms with Gasteiger partial charge in [0.15, 0.2) is 0 Å². The highest BCUT2D eigenvalue weighted by molar-refractivity contribution is 7.89. The van der Waals surface area contributed by atoms with Gasteiger partial charge < -0.3 is 9.47 Å². The molecule has 0 atom stereocenters. The molecule has 0 spiro atoms. The van der Waals surface area contributed by atoms with Crippen LogP contribution >= 0.6 is 0 Å². The molecule has 0 aliphatic carbocycles. The molecule has 116 valence electrons. The van der Waals surface area contributed by atoms with Crippen LogP contribution in [-0.4, -0.2) is 44.0 Å². The molecule has 7 heteroatoms. The van der Waals surface area contributed by atoms with Crippen molar-refractivity contribution in [2.45, 2.75) is 11.0 Å². The molecule has 0 radical (unpaired) electrons. The molecule has 22 heavy (non-hydrogen) atoms. The van der Waals surface area contributed by atoms with Gasteiger partial charge in [0.25, 0.3) is 0 Å². The maximum Gasteiger partial charge on any atom is 0.243 e. The quantitative estimate of drug-likeness (QED) is 0.836. The average Bonchev–Trinajstić information content (AvgIpc) is 2.51. The number of hydrogen-bond acceptors (Lipinski definition) is 5. The first-order valence-corrected chi connectivity index (χ1v) is 8.24. The molecule has 1 fully saturated rings. The maximum atomic E-state index is 12.5. The molecule has 0 saturated carbocycles. The van der Waals surface area contributed by atoms with Crippen LogP contribution in [0, 0.1) is 0 Å². The molecule has 2 heterocycles. The van der Waals surface area contributed by atoms with E-state index >= 15 is 0 Å². The highest BCUT2D eigenvalue weighted by Gasteiger charge is 2.38. The molecule has 0 unspecified atom stereocenters. The number of benzene rings is 1. The smallest absolute Gasteiger partial charge is 0.243 e. The molecule has 2 aromatic rings. The number of pyridine rings is 1. The average molecular weight is 320 g/mol. The summed E-state index contributed by atoms with van der Waals surface area (Å²) in [6.07, 6.45) is 3.14. The molecule has 0 bridgehead atoms. The van der Waals surface area contributed by atoms with E-state index in [2.05, 4.69) is 4.98 Å². The van der Waals surface area contributed by atoms with Crippen LogP contribution in [0.25, 0.3) is 0 Å². The predicted octanol–water partition coefficient (Wildman–Crippen LogP) is 1.54. The Balaban J connectivity index is 1.66. The molecule has 1 aliphatic rings. The summed E-state index contributed by atoms with van der Waals surface area (Å²) < 4.78 is 37.1. The Hall–Kier alpha value is -2.12. The van der Waals surface area contributed by atoms with Crippen molar-refractivity contribution in [3.05, 3.63) is 48.8 Å². The fraction of sp³-hybridized carbons (Fsp3) is 0.267. The topological polar surface area (TPSA) is 68.7 Å². The molecule has 0 amide bonds. The van der Waals surface area contributed by atoms with Crippen LogP contribution < -0.4 is 9.47 Å². The molecule has 6 nitrogen and oxygen atoms in total. The van der Waals surface area contributed by atoms with Gasteiger partial charge in [-0.2, -0.15) is 4.31 Å². The minimum absolute atomic E-state index is 0.136. The Labute approximate surface area is 129 Å². The van der Waals surface area contributed by atoms with Crippen molar-refractivity contribution in [2.75, 3.05) is 20.2 Å². The van der Waals surface area contributed by atoms with Gasteiger partial charge in [-0.15, -0.1) is 0 Å². The van der Waals surface area contributed by atoms with Crippen molar-refractivity contribution in [2.24, 2.45) is 0 Å². The van der Waals surface area contributed by atoms with E-state index in [0.717, 1.165) is 0 Å². The second-order valence-electron chi connectivity index (χ2n) is 4.92. The highest BCUT2D eigenvalue weighted by atomic mass is 32.2. The van der Waals surface area contributed by atoms with E-state index in [1.165, 1.54) is 17.5 Å². The first-order valence-electron chi connectivity index (χ1n) is 6.80. The zero-order valence-electron chi connectivity index (χ0n) is 12.0. The normalized spacial score (nSPS) is 16.0. The van der Waals surface area contributed by atoms with Crippen LogP contribution in [0.5, 0.6) is 11.5 Å². The first-order chi connectivity index (χ1) is 10.6. The molecule has 1 aromatic carbocycles. The highest BCUT2D eigenvalue weighted by Crippen LogP contribution is 2.26. The van der Waals surface area contributed by atoms with Crippen molar-refractivity contribution in [3.63, 3.8) is 0 Å². The van der Waals surface area contributed by atoms with E-state index < -0.39 is 10.0 Å². The minimum atomic E-state index is -3.50. The van der Waals surface area contributed by atoms with Crippen LogP contribution in [0.1, 0.15) is 0 Å². The standard InChI is InChI=1S/C15H16N2O4S/c1-20-13-3-2-4-15(9-13)22(18,19)17-10-14(11-17)21-12-5-7-16-8-6-12/h2-9,14H,10-11H2,1H3. The number of methoxy groups -OCH3 is 1. The Morgan fingerprint density at radius 2 is 1.86 bits per heavy atom. The van der Waals surface area contributed by atoms with Crippen molar-refractivity contribution in [1.82, 2.24) is 9.29 Å². The Morgan fingerprint density at radius 1 is 1.14 bits per heavy atom. The van der Waals surface area contributed by atoms with Gasteiger partial charge in [-0.3, -0.25) is 4.98 Å². The molecule has 3 rings (SSSR count). The lowest BCUT2D eigenvalue weighted by Crippen LogP contribution is -2.55. The summed E-state index contributed by atoms with van der Waals surface area (Å²) in [5, 5.41) is 0. The van der Waals surface area contributed by atoms with Gasteiger partial charge in [0, 0.05) is 18.5 Å². The maximum absolute atomic E-state index is 12.5. The van der Waals surface area contributed by atoms with Crippen molar-refractivity contribution in [1.29, 1.82) is 0 Å². The molecular formula is C15H16N2O4S. The van der Waals surface area contributed by atoms with Gasteiger partial charge in [-0.05, 0) is 24.3 Å². The Kier molecular flexibility index (Phi) is 4.00. The molecule has 0 N–H and O–H groups in total. The summed E-state index contributed by atoms with van der Waals surface area (Å²) >= 11 is 0. The SMILES string of the molecule is COc1cccc(S(=O)(=O)N2CC(Oc3ccncc3)C2)c1. The fourth-order valence-electron chi connectivity index (χ4n) is 2.19. The van der Waals surface area contributed by atoms with E-state index in [0.29, 0.717) is 24.6 Å². The van der Waals surface area contributed by atoms with Gasteiger partial charge in [0.2, 0.25) is 10.0 Å². The third-order valence-electron chi connectivity index (χ3n) is 3.45. The van der Waals surface area contributed by atoms with Gasteiger partial charge >= 0.3 is 0 Å². The van der Waals surface area contributed by atoms with Gasteiger partial charge in [0.1, 0.15) is 17.6 Å². The molecule has 1 saturated heterocycles. The zero-order chi connectivity index (χ0) is 15.6. The summed E-state index contributed by atoms with van der Waals surface area (Å²) in [7, 11) is -1.99. The lowest BCUT2D eigenvalue weighted by atomic mass is 10.2. The van der Waals surface area contributed by atoms with Crippen LogP contribution in [-0.2, 0) is 10.0 Å². The number of ether oxygens (including phenoxy) is 2. The molecular weight excluding hydrogens is 304 g/mol. The predicted molar refractivity (Wildman–Crippen MR) is 80.4 cm³/mol. The van der Waals surface area contributed by atoms with Crippen LogP contribution in [0.2, 0.25) is 0 Å². The summed E-state index contributed by atoms with van der Waals surface area (Å²) in [4.78, 5) is 4.14. The largest absolute Gasteiger partial charge is 0.497 e. The third kappa shape index (κ3) is 2.90. The second kappa shape index (κ2) is 5.94. The first kappa shape index (κ1) is 14.8. The zero-order valence-corrected chi connectivity index (χ0v) is 12.9. The van der Waals surface area contributed by atoms with Crippen LogP contribution in [0.4, 0.5) is 0 Å². The molecule has 1 aliphatic heterocycles. The minimum Gasteiger partial charge on any atom is -0.497 e. The Morgan fingerprint density at radius 3 is 2.55 bits per heavy atom. The summed E-state index contributed by atoms with van der Waals surface area (Å²) in [5.41, 5.74) is 0. The molecule has 1 aromatic heterocycles. The van der Waals surface area contributed by atoms with E-state index in [1.54, 1.807) is 42.7 Å². The monoisotopic (exact) mass is 320 g/mol. The Bertz CT molecular complexity index is 743. The van der Waals surface area contributed by atoms with Gasteiger partial charge in [-0.1, -0.05) is 6.07 Å². The van der Waals surface area contributed by atoms with Crippen LogP contribution in [0.3, 0.4) is 0 Å². The summed E-state index contributed by atoms with van der Waals surface area (Å²) in [6, 6.07) is 9.96. The van der Waals surface area contributed by atoms with E-state index in [4.69, 9.17) is 9.47 Å².